The van der Waals surface area contributed by atoms with E-state index in [2.05, 4.69) is 32.9 Å². The van der Waals surface area contributed by atoms with Crippen molar-refractivity contribution >= 4 is 0 Å². The van der Waals surface area contributed by atoms with Crippen LogP contribution in [-0.4, -0.2) is 16.8 Å². The maximum Gasteiger partial charge on any atom is 0.416 e. The molecule has 36 heavy (non-hydrogen) atoms. The molecule has 1 N–H and O–H groups in total. The topological polar surface area (TPSA) is 29.5 Å². The fraction of sp³-hybridized carbons (Fsp3) is 0.677. The van der Waals surface area contributed by atoms with Gasteiger partial charge in [-0.2, -0.15) is 13.2 Å². The summed E-state index contributed by atoms with van der Waals surface area (Å²) in [5.41, 5.74) is 2.24. The highest BCUT2D eigenvalue weighted by Gasteiger charge is 2.57. The molecule has 0 aromatic heterocycles. The van der Waals surface area contributed by atoms with Gasteiger partial charge in [0.05, 0.1) is 23.9 Å². The number of hydrogen-bond donors (Lipinski definition) is 1. The first kappa shape index (κ1) is 26.0. The molecule has 4 aliphatic carbocycles. The zero-order valence-electron chi connectivity index (χ0n) is 22.3. The second-order valence-corrected chi connectivity index (χ2v) is 12.9. The molecule has 2 fully saturated rings. The van der Waals surface area contributed by atoms with Crippen LogP contribution in [0.1, 0.15) is 84.3 Å². The van der Waals surface area contributed by atoms with E-state index in [1.165, 1.54) is 17.7 Å². The number of fused-ring (bicyclic) bond motifs is 4. The third-order valence-electron chi connectivity index (χ3n) is 10.9. The maximum absolute atomic E-state index is 13.4. The molecular weight excluding hydrogens is 461 g/mol. The van der Waals surface area contributed by atoms with E-state index in [4.69, 9.17) is 4.74 Å². The standard InChI is InChI=1S/C31H41F3O2/c1-19-16-29(4)22(17-30(19,5)35)10-11-23-26-13-12-24(28(26,3)15-14-27(23)29)20(2)36-18-21-8-6-7-9-25(21)31(32,33)34/h6-11,19-20,22,24,27,35H,12-18H2,1-5H3/t19?,20?,22?,24-,27+,28-,29+,30?/m1/s1. The van der Waals surface area contributed by atoms with E-state index in [0.717, 1.165) is 44.6 Å². The summed E-state index contributed by atoms with van der Waals surface area (Å²) >= 11 is 0. The number of hydrogen-bond acceptors (Lipinski definition) is 2. The Balaban J connectivity index is 1.37. The quantitative estimate of drug-likeness (QED) is 0.451. The molecule has 0 bridgehead atoms. The van der Waals surface area contributed by atoms with E-state index < -0.39 is 17.3 Å². The zero-order valence-corrected chi connectivity index (χ0v) is 22.3. The van der Waals surface area contributed by atoms with Crippen molar-refractivity contribution in [3.63, 3.8) is 0 Å². The van der Waals surface area contributed by atoms with Gasteiger partial charge in [-0.05, 0) is 104 Å². The lowest BCUT2D eigenvalue weighted by Crippen LogP contribution is -2.52. The number of aliphatic hydroxyl groups is 1. The highest BCUT2D eigenvalue weighted by atomic mass is 19.4. The Morgan fingerprint density at radius 3 is 2.56 bits per heavy atom. The van der Waals surface area contributed by atoms with E-state index in [0.29, 0.717) is 17.8 Å². The van der Waals surface area contributed by atoms with E-state index in [1.807, 2.05) is 13.8 Å². The molecule has 5 rings (SSSR count). The second-order valence-electron chi connectivity index (χ2n) is 12.9. The van der Waals surface area contributed by atoms with Crippen LogP contribution in [0.3, 0.4) is 0 Å². The number of rotatable bonds is 4. The van der Waals surface area contributed by atoms with Crippen molar-refractivity contribution in [3.8, 4) is 0 Å². The molecule has 0 aliphatic heterocycles. The first-order valence-electron chi connectivity index (χ1n) is 13.7. The Kier molecular flexibility index (Phi) is 6.31. The van der Waals surface area contributed by atoms with Crippen molar-refractivity contribution in [3.05, 3.63) is 58.7 Å². The van der Waals surface area contributed by atoms with Crippen LogP contribution in [0.15, 0.2) is 47.6 Å². The Morgan fingerprint density at radius 1 is 1.11 bits per heavy atom. The number of ether oxygens (including phenoxy) is 1. The predicted octanol–water partition coefficient (Wildman–Crippen LogP) is 8.11. The van der Waals surface area contributed by atoms with E-state index in [9.17, 15) is 18.3 Å². The second kappa shape index (κ2) is 8.73. The Morgan fingerprint density at radius 2 is 1.83 bits per heavy atom. The third-order valence-corrected chi connectivity index (χ3v) is 10.9. The molecule has 0 saturated heterocycles. The van der Waals surface area contributed by atoms with Gasteiger partial charge in [-0.3, -0.25) is 0 Å². The molecule has 0 radical (unpaired) electrons. The number of halogens is 3. The molecule has 198 valence electrons. The van der Waals surface area contributed by atoms with Crippen molar-refractivity contribution in [2.75, 3.05) is 0 Å². The first-order valence-corrected chi connectivity index (χ1v) is 13.7. The third kappa shape index (κ3) is 4.09. The van der Waals surface area contributed by atoms with E-state index in [1.54, 1.807) is 11.6 Å². The summed E-state index contributed by atoms with van der Waals surface area (Å²) in [5.74, 6) is 1.48. The number of allylic oxidation sites excluding steroid dienone is 4. The van der Waals surface area contributed by atoms with Crippen LogP contribution >= 0.6 is 0 Å². The normalized spacial score (nSPS) is 41.0. The van der Waals surface area contributed by atoms with Crippen LogP contribution in [0.25, 0.3) is 0 Å². The fourth-order valence-corrected chi connectivity index (χ4v) is 8.48. The summed E-state index contributed by atoms with van der Waals surface area (Å²) in [4.78, 5) is 0. The van der Waals surface area contributed by atoms with Gasteiger partial charge in [-0.1, -0.05) is 56.7 Å². The number of benzene rings is 1. The lowest BCUT2D eigenvalue weighted by Gasteiger charge is -2.57. The predicted molar refractivity (Wildman–Crippen MR) is 136 cm³/mol. The number of alkyl halides is 3. The van der Waals surface area contributed by atoms with Gasteiger partial charge < -0.3 is 9.84 Å². The monoisotopic (exact) mass is 502 g/mol. The zero-order chi connectivity index (χ0) is 26.1. The summed E-state index contributed by atoms with van der Waals surface area (Å²) < 4.78 is 46.5. The minimum absolute atomic E-state index is 0.0184. The molecular formula is C31H41F3O2. The van der Waals surface area contributed by atoms with Gasteiger partial charge in [0.15, 0.2) is 0 Å². The minimum atomic E-state index is -4.37. The molecule has 0 spiro atoms. The van der Waals surface area contributed by atoms with Crippen molar-refractivity contribution in [2.45, 2.75) is 97.6 Å². The van der Waals surface area contributed by atoms with Gasteiger partial charge in [0, 0.05) is 0 Å². The Labute approximate surface area is 214 Å². The molecule has 2 nitrogen and oxygen atoms in total. The Hall–Kier alpha value is -1.59. The molecule has 4 unspecified atom stereocenters. The summed E-state index contributed by atoms with van der Waals surface area (Å²) in [6.45, 7) is 11.0. The van der Waals surface area contributed by atoms with Crippen LogP contribution in [0.5, 0.6) is 0 Å². The average Bonchev–Trinajstić information content (AvgIpc) is 3.15. The summed E-state index contributed by atoms with van der Waals surface area (Å²) in [6, 6.07) is 5.74. The molecule has 0 heterocycles. The lowest BCUT2D eigenvalue weighted by molar-refractivity contribution is -0.139. The largest absolute Gasteiger partial charge is 0.416 e. The molecule has 1 aromatic carbocycles. The lowest BCUT2D eigenvalue weighted by atomic mass is 9.48. The van der Waals surface area contributed by atoms with Gasteiger partial charge in [0.25, 0.3) is 0 Å². The van der Waals surface area contributed by atoms with Gasteiger partial charge in [-0.15, -0.1) is 0 Å². The SMILES string of the molecule is CC(OCc1ccccc1C(F)(F)F)[C@H]1CCC2=C3C=CC4CC(C)(O)C(C)C[C@]4(C)[C@H]3CC[C@@]21C. The van der Waals surface area contributed by atoms with Gasteiger partial charge in [-0.25, -0.2) is 0 Å². The van der Waals surface area contributed by atoms with Crippen LogP contribution < -0.4 is 0 Å². The van der Waals surface area contributed by atoms with Crippen LogP contribution in [0.2, 0.25) is 0 Å². The van der Waals surface area contributed by atoms with Crippen molar-refractivity contribution in [1.29, 1.82) is 0 Å². The van der Waals surface area contributed by atoms with Crippen molar-refractivity contribution < 1.29 is 23.0 Å². The molecule has 0 amide bonds. The molecule has 8 atom stereocenters. The summed E-state index contributed by atoms with van der Waals surface area (Å²) in [6.07, 6.45) is 6.38. The minimum Gasteiger partial charge on any atom is -0.390 e. The van der Waals surface area contributed by atoms with E-state index in [-0.39, 0.29) is 35.0 Å². The average molecular weight is 503 g/mol. The maximum atomic E-state index is 13.4. The van der Waals surface area contributed by atoms with Crippen LogP contribution in [0, 0.1) is 34.5 Å². The first-order chi connectivity index (χ1) is 16.8. The molecule has 5 heteroatoms. The van der Waals surface area contributed by atoms with Gasteiger partial charge in [0.2, 0.25) is 0 Å². The van der Waals surface area contributed by atoms with Crippen molar-refractivity contribution in [1.82, 2.24) is 0 Å². The van der Waals surface area contributed by atoms with E-state index >= 15 is 0 Å². The molecule has 1 aromatic rings. The summed E-state index contributed by atoms with van der Waals surface area (Å²) in [7, 11) is 0. The van der Waals surface area contributed by atoms with Gasteiger partial charge in [0.1, 0.15) is 0 Å². The van der Waals surface area contributed by atoms with Crippen molar-refractivity contribution in [2.24, 2.45) is 34.5 Å². The fourth-order valence-electron chi connectivity index (χ4n) is 8.48. The van der Waals surface area contributed by atoms with Crippen LogP contribution in [-0.2, 0) is 17.5 Å². The Bertz CT molecular complexity index is 1070. The molecule has 2 saturated carbocycles. The summed E-state index contributed by atoms with van der Waals surface area (Å²) in [5, 5.41) is 11.0. The van der Waals surface area contributed by atoms with Gasteiger partial charge >= 0.3 is 6.18 Å². The highest BCUT2D eigenvalue weighted by Crippen LogP contribution is 2.65. The highest BCUT2D eigenvalue weighted by molar-refractivity contribution is 5.42. The molecule has 4 aliphatic rings. The van der Waals surface area contributed by atoms with Crippen LogP contribution in [0.4, 0.5) is 13.2 Å². The smallest absolute Gasteiger partial charge is 0.390 e.